The van der Waals surface area contributed by atoms with Gasteiger partial charge >= 0.3 is 0 Å². The first-order valence-electron chi connectivity index (χ1n) is 46.4. The summed E-state index contributed by atoms with van der Waals surface area (Å²) in [5.74, 6) is 0. The van der Waals surface area contributed by atoms with Crippen molar-refractivity contribution < 1.29 is 0 Å². The first kappa shape index (κ1) is 77.9. The lowest BCUT2D eigenvalue weighted by Crippen LogP contribution is -1.88. The van der Waals surface area contributed by atoms with E-state index in [1.54, 1.807) is 0 Å². The third kappa shape index (κ3) is 12.2. The molecular formula is C132H90. The van der Waals surface area contributed by atoms with Crippen molar-refractivity contribution in [3.8, 4) is 0 Å². The van der Waals surface area contributed by atoms with Crippen molar-refractivity contribution in [2.75, 3.05) is 0 Å². The average Bonchev–Trinajstić information content (AvgIpc) is 0.713. The standard InChI is InChI=1S/C132H90/c1-79-80(2)86-57-69-92(70-58-86)122-99-33-9-21-45-111(99)128(112-46-22-10-34-100(112)122)130-115-49-25-13-37-103(115)124(104-38-14-26-50-116(104)130)94-73-61-88(62-74-94)83(5)84(6)90-65-77-96(78-66-90)126-107-41-17-29-53-119(107)132(120-54-30-18-42-108(120)126)131-117-51-27-15-39-105(117)125(106-40-16-28-52-118(106)131)95-75-63-89(64-76-95)82(4)81(3)87-59-71-93(72-60-87)123-101-35-11-23-47-113(101)129(114-48-24-12-36-102(114)123)127-109-43-19-7-31-97(109)121(91-67-55-85(79)56-68-91)98-32-8-20-44-110(98)127/h7-78H,1-6H3. The van der Waals surface area contributed by atoms with Crippen LogP contribution in [0.4, 0.5) is 0 Å². The maximum absolute atomic E-state index is 2.36. The molecule has 0 aliphatic heterocycles. The van der Waals surface area contributed by atoms with Crippen LogP contribution in [0, 0.1) is 41.5 Å². The Balaban J connectivity index is 0.733. The van der Waals surface area contributed by atoms with Crippen LogP contribution in [-0.2, 0) is 0 Å². The fourth-order valence-corrected chi connectivity index (χ4v) is 22.9. The molecule has 0 aliphatic carbocycles. The van der Waals surface area contributed by atoms with Crippen molar-refractivity contribution in [3.63, 3.8) is 0 Å². The predicted octanol–water partition coefficient (Wildman–Crippen LogP) is 38.0. The van der Waals surface area contributed by atoms with Crippen molar-refractivity contribution in [2.45, 2.75) is 41.5 Å². The van der Waals surface area contributed by atoms with Gasteiger partial charge in [0.25, 0.3) is 0 Å². The van der Waals surface area contributed by atoms with E-state index in [1.807, 2.05) is 0 Å². The maximum Gasteiger partial charge on any atom is -0.00139 e. The second kappa shape index (κ2) is 31.2. The number of aryl methyl sites for hydroxylation is 6. The van der Waals surface area contributed by atoms with Crippen LogP contribution < -0.4 is 0 Å². The summed E-state index contributed by atoms with van der Waals surface area (Å²) in [6.07, 6.45) is 0. The van der Waals surface area contributed by atoms with Gasteiger partial charge in [-0.15, -0.1) is 0 Å². The topological polar surface area (TPSA) is 0 Å². The van der Waals surface area contributed by atoms with Crippen molar-refractivity contribution in [2.24, 2.45) is 0 Å². The van der Waals surface area contributed by atoms with Crippen LogP contribution in [-0.4, -0.2) is 0 Å². The maximum atomic E-state index is 2.36. The van der Waals surface area contributed by atoms with Gasteiger partial charge in [-0.25, -0.2) is 0 Å². The van der Waals surface area contributed by atoms with E-state index in [2.05, 4.69) is 478 Å². The molecule has 0 aromatic heterocycles. The second-order valence-electron chi connectivity index (χ2n) is 36.3. The van der Waals surface area contributed by atoms with Crippen molar-refractivity contribution in [3.05, 3.63) is 470 Å². The predicted molar refractivity (Wildman–Crippen MR) is 581 cm³/mol. The Morgan fingerprint density at radius 1 is 0.0758 bits per heavy atom. The molecule has 0 nitrogen and oxygen atoms in total. The minimum absolute atomic E-state index is 1.19. The summed E-state index contributed by atoms with van der Waals surface area (Å²) in [6, 6.07) is 166. The molecule has 0 N–H and O–H groups in total. The molecule has 0 spiro atoms. The summed E-state index contributed by atoms with van der Waals surface area (Å²) < 4.78 is 0. The molecule has 0 fully saturated rings. The van der Waals surface area contributed by atoms with Crippen LogP contribution in [0.15, 0.2) is 437 Å². The van der Waals surface area contributed by atoms with Gasteiger partial charge < -0.3 is 0 Å². The van der Waals surface area contributed by atoms with Crippen LogP contribution >= 0.6 is 0 Å². The summed E-state index contributed by atoms with van der Waals surface area (Å²) in [7, 11) is 0. The number of rotatable bonds is 0. The summed E-state index contributed by atoms with van der Waals surface area (Å²) >= 11 is 0. The second-order valence-corrected chi connectivity index (χ2v) is 36.3. The molecule has 39 rings (SSSR count). The van der Waals surface area contributed by atoms with Crippen molar-refractivity contribution >= 4 is 259 Å². The van der Waals surface area contributed by atoms with Gasteiger partial charge in [-0.2, -0.15) is 0 Å². The number of hydrogen-bond donors (Lipinski definition) is 0. The highest BCUT2D eigenvalue weighted by atomic mass is 14.3. The highest BCUT2D eigenvalue weighted by molar-refractivity contribution is 6.44. The lowest BCUT2D eigenvalue weighted by molar-refractivity contribution is 1.41. The summed E-state index contributed by atoms with van der Waals surface area (Å²) in [5.41, 5.74) is 7.47. The fourth-order valence-electron chi connectivity index (χ4n) is 22.9. The smallest absolute Gasteiger partial charge is 0.00139 e. The minimum Gasteiger partial charge on any atom is -0.0616 e. The molecule has 39 aromatic carbocycles. The van der Waals surface area contributed by atoms with Crippen molar-refractivity contribution in [1.29, 1.82) is 0 Å². The molecule has 0 saturated carbocycles. The van der Waals surface area contributed by atoms with E-state index in [1.165, 1.54) is 292 Å². The van der Waals surface area contributed by atoms with Crippen molar-refractivity contribution in [1.82, 2.24) is 0 Å². The van der Waals surface area contributed by atoms with E-state index in [-0.39, 0.29) is 0 Å². The van der Waals surface area contributed by atoms with E-state index >= 15 is 0 Å². The Bertz CT molecular complexity index is 8040. The molecule has 0 aliphatic rings. The summed E-state index contributed by atoms with van der Waals surface area (Å²) in [6.45, 7) is 13.7. The van der Waals surface area contributed by atoms with Gasteiger partial charge in [0.2, 0.25) is 0 Å². The lowest BCUT2D eigenvalue weighted by Gasteiger charge is -2.16. The molecule has 0 radical (unpaired) electrons. The highest BCUT2D eigenvalue weighted by Crippen LogP contribution is 2.50. The zero-order valence-electron chi connectivity index (χ0n) is 74.6. The molecular weight excluding hydrogens is 1590 g/mol. The van der Waals surface area contributed by atoms with Crippen LogP contribution in [0.1, 0.15) is 33.4 Å². The van der Waals surface area contributed by atoms with E-state index in [0.717, 1.165) is 0 Å². The number of fused-ring (bicyclic) bond motifs is 3. The molecule has 0 heteroatoms. The Morgan fingerprint density at radius 2 is 0.144 bits per heavy atom. The monoisotopic (exact) mass is 1670 g/mol. The van der Waals surface area contributed by atoms with Gasteiger partial charge in [-0.1, -0.05) is 437 Å². The molecule has 618 valence electrons. The third-order valence-electron chi connectivity index (χ3n) is 29.7. The average molecular weight is 1680 g/mol. The third-order valence-corrected chi connectivity index (χ3v) is 29.7. The van der Waals surface area contributed by atoms with Crippen LogP contribution in [0.2, 0.25) is 0 Å². The fraction of sp³-hybridized carbons (Fsp3) is 0.0455. The van der Waals surface area contributed by atoms with Gasteiger partial charge in [-0.05, 0) is 333 Å². The van der Waals surface area contributed by atoms with Gasteiger partial charge in [0, 0.05) is 0 Å². The summed E-state index contributed by atoms with van der Waals surface area (Å²) in [4.78, 5) is 0. The van der Waals surface area contributed by atoms with Crippen LogP contribution in [0.3, 0.4) is 0 Å². The first-order chi connectivity index (χ1) is 65.1. The normalized spacial score (nSPS) is 11.9. The Kier molecular flexibility index (Phi) is 18.4. The minimum atomic E-state index is 1.19. The number of hydrogen-bond acceptors (Lipinski definition) is 0. The van der Waals surface area contributed by atoms with Gasteiger partial charge in [-0.3, -0.25) is 0 Å². The van der Waals surface area contributed by atoms with Crippen LogP contribution in [0.25, 0.3) is 259 Å². The van der Waals surface area contributed by atoms with Gasteiger partial charge in [0.15, 0.2) is 0 Å². The Hall–Kier alpha value is -16.4. The SMILES string of the molecule is Cc1c(C)c2ccc(cc2)c2c3ccccc3c(c3ccccc32)c2c3ccccc3c(c3ccc(cc3)c(C)c(C)c3ccc(cc3)c3c4ccccc4c(c4ccccc43)c3c4ccccc4c(c4ccc(cc4)c(C)c(C)c4ccc(cc4)c4c5ccccc5c(c5ccccc54)c4c5ccccc5c(c5ccc1cc5)c1ccccc14)c1ccccc13)c1ccccc12. The van der Waals surface area contributed by atoms with E-state index < -0.39 is 0 Å². The van der Waals surface area contributed by atoms with E-state index in [9.17, 15) is 0 Å². The molecule has 0 amide bonds. The Morgan fingerprint density at radius 3 is 0.227 bits per heavy atom. The largest absolute Gasteiger partial charge is 0.0616 e. The van der Waals surface area contributed by atoms with E-state index in [4.69, 9.17) is 0 Å². The Labute approximate surface area is 764 Å². The molecule has 0 atom stereocenters. The molecule has 39 aromatic rings. The van der Waals surface area contributed by atoms with Crippen LogP contribution in [0.5, 0.6) is 0 Å². The number of benzene rings is 24. The summed E-state index contributed by atoms with van der Waals surface area (Å²) in [5, 5.41) is 58.8. The zero-order valence-corrected chi connectivity index (χ0v) is 74.6. The zero-order chi connectivity index (χ0) is 88.1. The van der Waals surface area contributed by atoms with Gasteiger partial charge in [0.1, 0.15) is 0 Å². The van der Waals surface area contributed by atoms with Gasteiger partial charge in [0.05, 0.1) is 0 Å². The molecule has 0 unspecified atom stereocenters. The van der Waals surface area contributed by atoms with E-state index in [0.29, 0.717) is 0 Å². The molecule has 0 heterocycles. The molecule has 132 heavy (non-hydrogen) atoms. The first-order valence-corrected chi connectivity index (χ1v) is 46.4. The quantitative estimate of drug-likeness (QED) is 0.133. The lowest BCUT2D eigenvalue weighted by atomic mass is 9.87. The molecule has 24 bridgehead atoms. The highest BCUT2D eigenvalue weighted by Gasteiger charge is 2.22. The molecule has 0 saturated heterocycles.